The molecule has 4 nitrogen and oxygen atoms in total. The van der Waals surface area contributed by atoms with E-state index in [4.69, 9.17) is 16.3 Å². The molecular formula is C25H27ClN2O2. The highest BCUT2D eigenvalue weighted by Gasteiger charge is 2.26. The quantitative estimate of drug-likeness (QED) is 0.517. The van der Waals surface area contributed by atoms with E-state index in [1.165, 1.54) is 0 Å². The zero-order valence-electron chi connectivity index (χ0n) is 17.7. The number of ether oxygens (including phenoxy) is 1. The molecule has 1 amide bonds. The summed E-state index contributed by atoms with van der Waals surface area (Å²) in [5.74, 6) is 1.60. The lowest BCUT2D eigenvalue weighted by Gasteiger charge is -2.30. The van der Waals surface area contributed by atoms with Crippen molar-refractivity contribution in [2.24, 2.45) is 5.92 Å². The molecule has 30 heavy (non-hydrogen) atoms. The summed E-state index contributed by atoms with van der Waals surface area (Å²) in [7, 11) is 1.66. The summed E-state index contributed by atoms with van der Waals surface area (Å²) in [4.78, 5) is 15.4. The number of methoxy groups -OCH3 is 1. The lowest BCUT2D eigenvalue weighted by Crippen LogP contribution is -2.38. The molecule has 3 aromatic rings. The van der Waals surface area contributed by atoms with Gasteiger partial charge in [-0.05, 0) is 73.7 Å². The van der Waals surface area contributed by atoms with Crippen molar-refractivity contribution in [2.45, 2.75) is 26.7 Å². The topological polar surface area (TPSA) is 34.5 Å². The van der Waals surface area contributed by atoms with Crippen LogP contribution in [-0.4, -0.2) is 35.6 Å². The van der Waals surface area contributed by atoms with Crippen LogP contribution in [-0.2, 0) is 0 Å². The van der Waals surface area contributed by atoms with Crippen molar-refractivity contribution in [1.82, 2.24) is 9.47 Å². The van der Waals surface area contributed by atoms with Crippen LogP contribution in [0.5, 0.6) is 5.75 Å². The number of halogens is 1. The molecule has 4 rings (SSSR count). The maximum absolute atomic E-state index is 13.4. The summed E-state index contributed by atoms with van der Waals surface area (Å²) >= 11 is 6.11. The first-order chi connectivity index (χ1) is 14.5. The lowest BCUT2D eigenvalue weighted by atomic mass is 9.98. The standard InChI is InChI=1S/C25H27ClN2O2/c1-17-12-14-27(15-13-17)25(29)23-16-24(19-4-6-20(26)7-5-19)28(18(23)2)21-8-10-22(30-3)11-9-21/h4-11,16-17H,12-15H2,1-3H3. The molecule has 0 radical (unpaired) electrons. The maximum atomic E-state index is 13.4. The Bertz CT molecular complexity index is 1030. The molecule has 1 aliphatic rings. The van der Waals surface area contributed by atoms with Crippen LogP contribution in [0, 0.1) is 12.8 Å². The molecule has 1 aliphatic heterocycles. The van der Waals surface area contributed by atoms with Crippen molar-refractivity contribution in [1.29, 1.82) is 0 Å². The van der Waals surface area contributed by atoms with Gasteiger partial charge in [-0.3, -0.25) is 4.79 Å². The molecule has 0 atom stereocenters. The molecule has 1 aromatic heterocycles. The van der Waals surface area contributed by atoms with Gasteiger partial charge in [-0.15, -0.1) is 0 Å². The summed E-state index contributed by atoms with van der Waals surface area (Å²) in [5, 5.41) is 0.691. The van der Waals surface area contributed by atoms with Crippen LogP contribution < -0.4 is 4.74 Å². The van der Waals surface area contributed by atoms with E-state index in [0.717, 1.165) is 59.9 Å². The highest BCUT2D eigenvalue weighted by molar-refractivity contribution is 6.30. The molecule has 156 valence electrons. The van der Waals surface area contributed by atoms with Crippen LogP contribution in [0.25, 0.3) is 16.9 Å². The SMILES string of the molecule is COc1ccc(-n2c(-c3ccc(Cl)cc3)cc(C(=O)N3CCC(C)CC3)c2C)cc1. The number of hydrogen-bond acceptors (Lipinski definition) is 2. The number of aromatic nitrogens is 1. The van der Waals surface area contributed by atoms with E-state index >= 15 is 0 Å². The predicted molar refractivity (Wildman–Crippen MR) is 122 cm³/mol. The Hall–Kier alpha value is -2.72. The molecule has 1 fully saturated rings. The van der Waals surface area contributed by atoms with Gasteiger partial charge in [0.05, 0.1) is 18.4 Å². The van der Waals surface area contributed by atoms with Crippen molar-refractivity contribution in [3.05, 3.63) is 70.9 Å². The molecule has 0 unspecified atom stereocenters. The Morgan fingerprint density at radius 2 is 1.67 bits per heavy atom. The number of likely N-dealkylation sites (tertiary alicyclic amines) is 1. The van der Waals surface area contributed by atoms with Gasteiger partial charge < -0.3 is 14.2 Å². The Labute approximate surface area is 183 Å². The summed E-state index contributed by atoms with van der Waals surface area (Å²) in [6.07, 6.45) is 2.13. The largest absolute Gasteiger partial charge is 0.497 e. The number of amides is 1. The van der Waals surface area contributed by atoms with E-state index in [1.54, 1.807) is 7.11 Å². The van der Waals surface area contributed by atoms with Gasteiger partial charge in [0.2, 0.25) is 0 Å². The third-order valence-electron chi connectivity index (χ3n) is 6.02. The zero-order valence-corrected chi connectivity index (χ0v) is 18.4. The van der Waals surface area contributed by atoms with E-state index in [9.17, 15) is 4.79 Å². The van der Waals surface area contributed by atoms with E-state index in [1.807, 2.05) is 66.4 Å². The Morgan fingerprint density at radius 1 is 1.03 bits per heavy atom. The van der Waals surface area contributed by atoms with Gasteiger partial charge in [0.1, 0.15) is 5.75 Å². The average Bonchev–Trinajstić information content (AvgIpc) is 3.11. The van der Waals surface area contributed by atoms with Gasteiger partial charge in [0.25, 0.3) is 5.91 Å². The van der Waals surface area contributed by atoms with Crippen LogP contribution in [0.3, 0.4) is 0 Å². The minimum Gasteiger partial charge on any atom is -0.497 e. The van der Waals surface area contributed by atoms with Gasteiger partial charge >= 0.3 is 0 Å². The average molecular weight is 423 g/mol. The first-order valence-corrected chi connectivity index (χ1v) is 10.8. The molecule has 0 N–H and O–H groups in total. The summed E-state index contributed by atoms with van der Waals surface area (Å²) in [6, 6.07) is 17.7. The van der Waals surface area contributed by atoms with Crippen molar-refractivity contribution in [3.63, 3.8) is 0 Å². The first-order valence-electron chi connectivity index (χ1n) is 10.4. The third-order valence-corrected chi connectivity index (χ3v) is 6.27. The zero-order chi connectivity index (χ0) is 21.3. The summed E-state index contributed by atoms with van der Waals surface area (Å²) < 4.78 is 7.45. The Morgan fingerprint density at radius 3 is 2.27 bits per heavy atom. The number of nitrogens with zero attached hydrogens (tertiary/aromatic N) is 2. The molecule has 2 aromatic carbocycles. The van der Waals surface area contributed by atoms with Crippen molar-refractivity contribution in [2.75, 3.05) is 20.2 Å². The second-order valence-electron chi connectivity index (χ2n) is 8.04. The van der Waals surface area contributed by atoms with Gasteiger partial charge in [-0.25, -0.2) is 0 Å². The number of benzene rings is 2. The van der Waals surface area contributed by atoms with Crippen molar-refractivity contribution >= 4 is 17.5 Å². The number of piperidine rings is 1. The molecule has 5 heteroatoms. The van der Waals surface area contributed by atoms with Crippen LogP contribution in [0.1, 0.15) is 35.8 Å². The van der Waals surface area contributed by atoms with Gasteiger partial charge in [-0.1, -0.05) is 30.7 Å². The normalized spacial score (nSPS) is 14.7. The number of rotatable bonds is 4. The Balaban J connectivity index is 1.80. The molecule has 0 spiro atoms. The highest BCUT2D eigenvalue weighted by atomic mass is 35.5. The third kappa shape index (κ3) is 3.97. The summed E-state index contributed by atoms with van der Waals surface area (Å²) in [6.45, 7) is 5.92. The number of carbonyl (C=O) groups is 1. The second-order valence-corrected chi connectivity index (χ2v) is 8.48. The number of carbonyl (C=O) groups excluding carboxylic acids is 1. The molecule has 1 saturated heterocycles. The van der Waals surface area contributed by atoms with Crippen LogP contribution in [0.4, 0.5) is 0 Å². The van der Waals surface area contributed by atoms with E-state index in [0.29, 0.717) is 10.9 Å². The minimum absolute atomic E-state index is 0.113. The van der Waals surface area contributed by atoms with Crippen LogP contribution in [0.2, 0.25) is 5.02 Å². The van der Waals surface area contributed by atoms with Crippen LogP contribution in [0.15, 0.2) is 54.6 Å². The van der Waals surface area contributed by atoms with E-state index in [2.05, 4.69) is 11.5 Å². The second kappa shape index (κ2) is 8.57. The Kier molecular flexibility index (Phi) is 5.87. The van der Waals surface area contributed by atoms with E-state index < -0.39 is 0 Å². The predicted octanol–water partition coefficient (Wildman–Crippen LogP) is 5.99. The highest BCUT2D eigenvalue weighted by Crippen LogP contribution is 2.32. The molecule has 2 heterocycles. The minimum atomic E-state index is 0.113. The van der Waals surface area contributed by atoms with Gasteiger partial charge in [0.15, 0.2) is 0 Å². The fourth-order valence-electron chi connectivity index (χ4n) is 4.10. The molecule has 0 saturated carbocycles. The van der Waals surface area contributed by atoms with Gasteiger partial charge in [0, 0.05) is 29.5 Å². The lowest BCUT2D eigenvalue weighted by molar-refractivity contribution is 0.0696. The van der Waals surface area contributed by atoms with Crippen molar-refractivity contribution < 1.29 is 9.53 Å². The monoisotopic (exact) mass is 422 g/mol. The van der Waals surface area contributed by atoms with Crippen molar-refractivity contribution in [3.8, 4) is 22.7 Å². The fourth-order valence-corrected chi connectivity index (χ4v) is 4.23. The smallest absolute Gasteiger partial charge is 0.255 e. The first kappa shape index (κ1) is 20.5. The number of hydrogen-bond donors (Lipinski definition) is 0. The van der Waals surface area contributed by atoms with Crippen LogP contribution >= 0.6 is 11.6 Å². The van der Waals surface area contributed by atoms with E-state index in [-0.39, 0.29) is 5.91 Å². The molecular weight excluding hydrogens is 396 g/mol. The molecule has 0 aliphatic carbocycles. The molecule has 0 bridgehead atoms. The summed E-state index contributed by atoms with van der Waals surface area (Å²) in [5.41, 5.74) is 4.68. The maximum Gasteiger partial charge on any atom is 0.255 e. The van der Waals surface area contributed by atoms with Gasteiger partial charge in [-0.2, -0.15) is 0 Å². The fraction of sp³-hybridized carbons (Fsp3) is 0.320.